The van der Waals surface area contributed by atoms with Crippen LogP contribution < -0.4 is 4.74 Å². The summed E-state index contributed by atoms with van der Waals surface area (Å²) in [5, 5.41) is 20.7. The van der Waals surface area contributed by atoms with Crippen molar-refractivity contribution < 1.29 is 14.8 Å². The van der Waals surface area contributed by atoms with E-state index in [2.05, 4.69) is 4.90 Å². The minimum atomic E-state index is -0.600. The summed E-state index contributed by atoms with van der Waals surface area (Å²) >= 11 is 0. The Bertz CT molecular complexity index is 467. The molecule has 1 aromatic carbocycles. The number of aliphatic hydroxyl groups is 1. The Morgan fingerprint density at radius 3 is 2.76 bits per heavy atom. The van der Waals surface area contributed by atoms with E-state index in [0.717, 1.165) is 24.6 Å². The lowest BCUT2D eigenvalue weighted by molar-refractivity contribution is -0.384. The number of nitrogens with zero attached hydrogens (tertiary/aromatic N) is 2. The van der Waals surface area contributed by atoms with Crippen molar-refractivity contribution in [3.8, 4) is 5.75 Å². The summed E-state index contributed by atoms with van der Waals surface area (Å²) in [7, 11) is 3.72. The number of nitro groups is 1. The van der Waals surface area contributed by atoms with Gasteiger partial charge in [0.15, 0.2) is 0 Å². The monoisotopic (exact) mass is 330 g/mol. The molecule has 1 aromatic rings. The second kappa shape index (κ2) is 8.47. The Morgan fingerprint density at radius 1 is 1.38 bits per heavy atom. The molecular weight excluding hydrogens is 312 g/mol. The van der Waals surface area contributed by atoms with Crippen LogP contribution in [0, 0.1) is 10.1 Å². The molecule has 1 saturated heterocycles. The number of ether oxygens (including phenoxy) is 1. The summed E-state index contributed by atoms with van der Waals surface area (Å²) < 4.78 is 5.44. The van der Waals surface area contributed by atoms with E-state index in [9.17, 15) is 15.2 Å². The number of nitro benzene ring substituents is 1. The Kier molecular flexibility index (Phi) is 6.62. The van der Waals surface area contributed by atoms with Crippen molar-refractivity contribution in [2.75, 3.05) is 37.7 Å². The molecule has 8 heteroatoms. The van der Waals surface area contributed by atoms with Crippen LogP contribution in [0.1, 0.15) is 0 Å². The highest BCUT2D eigenvalue weighted by molar-refractivity contribution is 8.76. The van der Waals surface area contributed by atoms with E-state index in [1.54, 1.807) is 12.1 Å². The Hall–Kier alpha value is -0.960. The van der Waals surface area contributed by atoms with E-state index in [1.807, 2.05) is 21.6 Å². The molecule has 21 heavy (non-hydrogen) atoms. The van der Waals surface area contributed by atoms with Crippen LogP contribution in [0.3, 0.4) is 0 Å². The number of aliphatic hydroxyl groups excluding tert-OH is 1. The summed E-state index contributed by atoms with van der Waals surface area (Å²) in [6.07, 6.45) is -0.600. The topological polar surface area (TPSA) is 75.8 Å². The maximum atomic E-state index is 10.7. The number of β-amino-alcohol motifs (C(OH)–C–C–N with tert-alkyl or cyclic N) is 1. The Labute approximate surface area is 131 Å². The average molecular weight is 330 g/mol. The summed E-state index contributed by atoms with van der Waals surface area (Å²) in [6.45, 7) is 2.63. The number of rotatable bonds is 6. The summed E-state index contributed by atoms with van der Waals surface area (Å²) in [4.78, 5) is 12.4. The third-order valence-corrected chi connectivity index (χ3v) is 5.37. The first-order chi connectivity index (χ1) is 10.1. The zero-order valence-electron chi connectivity index (χ0n) is 11.5. The van der Waals surface area contributed by atoms with Crippen molar-refractivity contribution in [3.05, 3.63) is 34.4 Å². The third kappa shape index (κ3) is 5.74. The molecule has 1 aliphatic heterocycles. The van der Waals surface area contributed by atoms with Gasteiger partial charge in [0.1, 0.15) is 18.5 Å². The van der Waals surface area contributed by atoms with Crippen LogP contribution in [0.5, 0.6) is 5.75 Å². The molecule has 0 spiro atoms. The van der Waals surface area contributed by atoms with Crippen molar-refractivity contribution in [3.63, 3.8) is 0 Å². The van der Waals surface area contributed by atoms with Crippen molar-refractivity contribution in [1.29, 1.82) is 0 Å². The third-order valence-electron chi connectivity index (χ3n) is 3.00. The molecule has 116 valence electrons. The van der Waals surface area contributed by atoms with Crippen LogP contribution in [0.4, 0.5) is 5.69 Å². The van der Waals surface area contributed by atoms with E-state index < -0.39 is 11.0 Å². The molecule has 0 bridgehead atoms. The zero-order valence-corrected chi connectivity index (χ0v) is 13.1. The average Bonchev–Trinajstić information content (AvgIpc) is 2.74. The van der Waals surface area contributed by atoms with Gasteiger partial charge in [-0.05, 0) is 6.07 Å². The highest BCUT2D eigenvalue weighted by Crippen LogP contribution is 2.24. The standard InChI is InChI=1S/C13H18N2O4S2/c16-12(9-14-4-6-20-21-7-5-14)10-19-13-3-1-2-11(8-13)15(17)18/h1-3,8,12,16H,4-7,9-10H2. The predicted molar refractivity (Wildman–Crippen MR) is 86.0 cm³/mol. The summed E-state index contributed by atoms with van der Waals surface area (Å²) in [5.41, 5.74) is -0.0106. The molecule has 0 aliphatic carbocycles. The first-order valence-corrected chi connectivity index (χ1v) is 9.16. The van der Waals surface area contributed by atoms with Gasteiger partial charge in [-0.15, -0.1) is 0 Å². The largest absolute Gasteiger partial charge is 0.491 e. The number of benzene rings is 1. The van der Waals surface area contributed by atoms with Crippen molar-refractivity contribution in [2.24, 2.45) is 0 Å². The van der Waals surface area contributed by atoms with Gasteiger partial charge in [-0.25, -0.2) is 0 Å². The highest BCUT2D eigenvalue weighted by Gasteiger charge is 2.15. The highest BCUT2D eigenvalue weighted by atomic mass is 33.1. The quantitative estimate of drug-likeness (QED) is 0.486. The van der Waals surface area contributed by atoms with Gasteiger partial charge in [0.2, 0.25) is 0 Å². The lowest BCUT2D eigenvalue weighted by atomic mass is 10.3. The Morgan fingerprint density at radius 2 is 2.10 bits per heavy atom. The van der Waals surface area contributed by atoms with E-state index in [4.69, 9.17) is 4.74 Å². The van der Waals surface area contributed by atoms with E-state index in [0.29, 0.717) is 12.3 Å². The maximum Gasteiger partial charge on any atom is 0.273 e. The van der Waals surface area contributed by atoms with Gasteiger partial charge in [0.05, 0.1) is 11.0 Å². The van der Waals surface area contributed by atoms with Crippen LogP contribution in [0.15, 0.2) is 24.3 Å². The van der Waals surface area contributed by atoms with Gasteiger partial charge in [-0.1, -0.05) is 27.7 Å². The fourth-order valence-corrected chi connectivity index (χ4v) is 4.03. The van der Waals surface area contributed by atoms with Crippen LogP contribution in [-0.2, 0) is 0 Å². The Balaban J connectivity index is 1.79. The second-order valence-corrected chi connectivity index (χ2v) is 7.37. The van der Waals surface area contributed by atoms with Gasteiger partial charge >= 0.3 is 0 Å². The molecule has 1 N–H and O–H groups in total. The normalized spacial score (nSPS) is 18.0. The van der Waals surface area contributed by atoms with Gasteiger partial charge in [-0.3, -0.25) is 15.0 Å². The van der Waals surface area contributed by atoms with E-state index >= 15 is 0 Å². The van der Waals surface area contributed by atoms with Crippen LogP contribution >= 0.6 is 21.6 Å². The predicted octanol–water partition coefficient (Wildman–Crippen LogP) is 2.03. The molecule has 6 nitrogen and oxygen atoms in total. The maximum absolute atomic E-state index is 10.7. The van der Waals surface area contributed by atoms with Gasteiger partial charge in [0.25, 0.3) is 5.69 Å². The number of hydrogen-bond acceptors (Lipinski definition) is 7. The van der Waals surface area contributed by atoms with Gasteiger partial charge in [-0.2, -0.15) is 0 Å². The minimum absolute atomic E-state index is 0.0106. The number of hydrogen-bond donors (Lipinski definition) is 1. The molecule has 1 unspecified atom stereocenters. The fourth-order valence-electron chi connectivity index (χ4n) is 1.97. The molecular formula is C13H18N2O4S2. The summed E-state index contributed by atoms with van der Waals surface area (Å²) in [5.74, 6) is 2.52. The molecule has 1 aliphatic rings. The van der Waals surface area contributed by atoms with Crippen molar-refractivity contribution in [1.82, 2.24) is 4.90 Å². The SMILES string of the molecule is O=[N+]([O-])c1cccc(OCC(O)CN2CCSSCC2)c1. The molecule has 0 saturated carbocycles. The van der Waals surface area contributed by atoms with Crippen molar-refractivity contribution >= 4 is 27.3 Å². The lowest BCUT2D eigenvalue weighted by Gasteiger charge is -2.22. The van der Waals surface area contributed by atoms with Crippen LogP contribution in [0.2, 0.25) is 0 Å². The second-order valence-electron chi connectivity index (χ2n) is 4.66. The fraction of sp³-hybridized carbons (Fsp3) is 0.538. The molecule has 0 aromatic heterocycles. The van der Waals surface area contributed by atoms with Gasteiger partial charge < -0.3 is 9.84 Å². The molecule has 0 amide bonds. The van der Waals surface area contributed by atoms with Gasteiger partial charge in [0, 0.05) is 37.2 Å². The molecule has 1 heterocycles. The van der Waals surface area contributed by atoms with E-state index in [1.165, 1.54) is 12.1 Å². The molecule has 1 atom stereocenters. The minimum Gasteiger partial charge on any atom is -0.491 e. The summed E-state index contributed by atoms with van der Waals surface area (Å²) in [6, 6.07) is 6.00. The molecule has 0 radical (unpaired) electrons. The molecule has 2 rings (SSSR count). The first kappa shape index (κ1) is 16.4. The smallest absolute Gasteiger partial charge is 0.273 e. The van der Waals surface area contributed by atoms with Crippen LogP contribution in [-0.4, -0.2) is 58.8 Å². The zero-order chi connectivity index (χ0) is 15.1. The molecule has 1 fully saturated rings. The number of non-ortho nitro benzene ring substituents is 1. The first-order valence-electron chi connectivity index (χ1n) is 6.67. The van der Waals surface area contributed by atoms with Crippen LogP contribution in [0.25, 0.3) is 0 Å². The van der Waals surface area contributed by atoms with E-state index in [-0.39, 0.29) is 12.3 Å². The lowest BCUT2D eigenvalue weighted by Crippen LogP contribution is -2.37. The van der Waals surface area contributed by atoms with Crippen molar-refractivity contribution in [2.45, 2.75) is 6.10 Å².